The number of nitrogens with zero attached hydrogens (tertiary/aromatic N) is 1. The van der Waals surface area contributed by atoms with Crippen LogP contribution in [0.25, 0.3) is 0 Å². The molecule has 1 heterocycles. The number of amides is 1. The van der Waals surface area contributed by atoms with Crippen LogP contribution in [-0.2, 0) is 15.6 Å². The first kappa shape index (κ1) is 6.74. The van der Waals surface area contributed by atoms with Gasteiger partial charge in [0.25, 0.3) is 0 Å². The molecule has 3 nitrogen and oxygen atoms in total. The largest absolute Gasteiger partial charge is 0.330 e. The van der Waals surface area contributed by atoms with Crippen molar-refractivity contribution in [2.75, 3.05) is 18.2 Å². The van der Waals surface area contributed by atoms with Crippen molar-refractivity contribution in [1.29, 1.82) is 0 Å². The van der Waals surface area contributed by atoms with Crippen LogP contribution in [0.5, 0.6) is 0 Å². The summed E-state index contributed by atoms with van der Waals surface area (Å²) in [5.74, 6) is 0.694. The van der Waals surface area contributed by atoms with Gasteiger partial charge in [0.1, 0.15) is 5.75 Å². The Morgan fingerprint density at radius 3 is 2.67 bits per heavy atom. The van der Waals surface area contributed by atoms with E-state index in [-0.39, 0.29) is 11.7 Å². The topological polar surface area (TPSA) is 37.4 Å². The van der Waals surface area contributed by atoms with Gasteiger partial charge in [-0.25, -0.2) is 0 Å². The summed E-state index contributed by atoms with van der Waals surface area (Å²) in [6, 6.07) is 0. The Balaban J connectivity index is 2.58. The standard InChI is InChI=1S/C5H9NO2S/c1-2-6-4-9(8)3-5(6)7/h2-4H2,1H3. The van der Waals surface area contributed by atoms with E-state index in [1.165, 1.54) is 0 Å². The first-order valence-corrected chi connectivity index (χ1v) is 4.35. The van der Waals surface area contributed by atoms with Crippen molar-refractivity contribution in [3.8, 4) is 0 Å². The van der Waals surface area contributed by atoms with Crippen molar-refractivity contribution in [2.24, 2.45) is 0 Å². The molecule has 0 aromatic rings. The van der Waals surface area contributed by atoms with Crippen molar-refractivity contribution < 1.29 is 9.00 Å². The maximum Gasteiger partial charge on any atom is 0.236 e. The Morgan fingerprint density at radius 2 is 2.44 bits per heavy atom. The number of rotatable bonds is 1. The van der Waals surface area contributed by atoms with Crippen LogP contribution in [0.4, 0.5) is 0 Å². The number of hydrogen-bond acceptors (Lipinski definition) is 2. The molecule has 1 fully saturated rings. The average molecular weight is 147 g/mol. The summed E-state index contributed by atoms with van der Waals surface area (Å²) in [7, 11) is -0.906. The fourth-order valence-corrected chi connectivity index (χ4v) is 2.01. The lowest BCUT2D eigenvalue weighted by Crippen LogP contribution is -2.24. The highest BCUT2D eigenvalue weighted by Gasteiger charge is 2.24. The molecule has 52 valence electrons. The monoisotopic (exact) mass is 147 g/mol. The van der Waals surface area contributed by atoms with Gasteiger partial charge in [-0.3, -0.25) is 9.00 Å². The van der Waals surface area contributed by atoms with E-state index in [0.29, 0.717) is 12.4 Å². The molecule has 1 unspecified atom stereocenters. The predicted molar refractivity (Wildman–Crippen MR) is 35.3 cm³/mol. The van der Waals surface area contributed by atoms with E-state index in [2.05, 4.69) is 0 Å². The highest BCUT2D eigenvalue weighted by Crippen LogP contribution is 2.02. The normalized spacial score (nSPS) is 27.4. The Hall–Kier alpha value is -0.380. The van der Waals surface area contributed by atoms with Gasteiger partial charge in [0.15, 0.2) is 0 Å². The highest BCUT2D eigenvalue weighted by atomic mass is 32.2. The molecule has 1 saturated heterocycles. The molecule has 1 aliphatic heterocycles. The van der Waals surface area contributed by atoms with Gasteiger partial charge in [-0.2, -0.15) is 0 Å². The lowest BCUT2D eigenvalue weighted by atomic mass is 10.6. The fraction of sp³-hybridized carbons (Fsp3) is 0.800. The molecule has 0 bridgehead atoms. The van der Waals surface area contributed by atoms with Gasteiger partial charge in [0, 0.05) is 6.54 Å². The van der Waals surface area contributed by atoms with Crippen LogP contribution in [-0.4, -0.2) is 33.2 Å². The predicted octanol–water partition coefficient (Wildman–Crippen LogP) is -0.445. The zero-order valence-corrected chi connectivity index (χ0v) is 6.11. The molecular weight excluding hydrogens is 138 g/mol. The van der Waals surface area contributed by atoms with Gasteiger partial charge in [0.05, 0.1) is 16.7 Å². The van der Waals surface area contributed by atoms with Crippen LogP contribution in [0.15, 0.2) is 0 Å². The molecule has 1 atom stereocenters. The average Bonchev–Trinajstić information content (AvgIpc) is 2.10. The third-order valence-corrected chi connectivity index (χ3v) is 2.49. The Bertz CT molecular complexity index is 157. The summed E-state index contributed by atoms with van der Waals surface area (Å²) in [5, 5.41) is 0. The number of carbonyl (C=O) groups excluding carboxylic acids is 1. The Labute approximate surface area is 56.5 Å². The highest BCUT2D eigenvalue weighted by molar-refractivity contribution is 7.86. The quantitative estimate of drug-likeness (QED) is 0.504. The summed E-state index contributed by atoms with van der Waals surface area (Å²) in [6.45, 7) is 2.57. The second kappa shape index (κ2) is 2.47. The van der Waals surface area contributed by atoms with Crippen LogP contribution in [0.3, 0.4) is 0 Å². The molecule has 0 spiro atoms. The van der Waals surface area contributed by atoms with Crippen LogP contribution >= 0.6 is 0 Å². The molecule has 9 heavy (non-hydrogen) atoms. The zero-order valence-electron chi connectivity index (χ0n) is 5.29. The smallest absolute Gasteiger partial charge is 0.236 e. The summed E-state index contributed by atoms with van der Waals surface area (Å²) < 4.78 is 10.7. The van der Waals surface area contributed by atoms with E-state index in [1.807, 2.05) is 6.92 Å². The summed E-state index contributed by atoms with van der Waals surface area (Å²) in [5.41, 5.74) is 0. The molecule has 0 aromatic heterocycles. The van der Waals surface area contributed by atoms with Gasteiger partial charge in [0.2, 0.25) is 5.91 Å². The van der Waals surface area contributed by atoms with Crippen molar-refractivity contribution in [1.82, 2.24) is 4.90 Å². The first-order valence-electron chi connectivity index (χ1n) is 2.86. The van der Waals surface area contributed by atoms with Crippen molar-refractivity contribution in [2.45, 2.75) is 6.92 Å². The maximum atomic E-state index is 10.7. The molecule has 0 radical (unpaired) electrons. The molecule has 0 aliphatic carbocycles. The van der Waals surface area contributed by atoms with Gasteiger partial charge in [-0.05, 0) is 6.92 Å². The number of hydrogen-bond donors (Lipinski definition) is 0. The van der Waals surface area contributed by atoms with E-state index in [0.717, 1.165) is 0 Å². The maximum absolute atomic E-state index is 10.7. The summed E-state index contributed by atoms with van der Waals surface area (Å²) in [6.07, 6.45) is 0. The lowest BCUT2D eigenvalue weighted by molar-refractivity contribution is -0.126. The second-order valence-electron chi connectivity index (χ2n) is 1.96. The van der Waals surface area contributed by atoms with Crippen LogP contribution in [0.1, 0.15) is 6.92 Å². The first-order chi connectivity index (χ1) is 4.24. The van der Waals surface area contributed by atoms with Gasteiger partial charge in [-0.1, -0.05) is 0 Å². The number of carbonyl (C=O) groups is 1. The fourth-order valence-electron chi connectivity index (χ4n) is 0.788. The van der Waals surface area contributed by atoms with E-state index < -0.39 is 10.8 Å². The third kappa shape index (κ3) is 1.30. The van der Waals surface area contributed by atoms with E-state index in [9.17, 15) is 9.00 Å². The second-order valence-corrected chi connectivity index (χ2v) is 3.39. The van der Waals surface area contributed by atoms with Gasteiger partial charge >= 0.3 is 0 Å². The van der Waals surface area contributed by atoms with Gasteiger partial charge in [-0.15, -0.1) is 0 Å². The van der Waals surface area contributed by atoms with E-state index in [4.69, 9.17) is 0 Å². The van der Waals surface area contributed by atoms with Crippen LogP contribution < -0.4 is 0 Å². The van der Waals surface area contributed by atoms with Crippen molar-refractivity contribution in [3.63, 3.8) is 0 Å². The molecule has 1 aliphatic rings. The van der Waals surface area contributed by atoms with Crippen molar-refractivity contribution in [3.05, 3.63) is 0 Å². The SMILES string of the molecule is CCN1CS(=O)CC1=O. The zero-order chi connectivity index (χ0) is 6.85. The Morgan fingerprint density at radius 1 is 1.78 bits per heavy atom. The Kier molecular flexibility index (Phi) is 1.85. The minimum Gasteiger partial charge on any atom is -0.330 e. The lowest BCUT2D eigenvalue weighted by Gasteiger charge is -2.08. The van der Waals surface area contributed by atoms with Crippen molar-refractivity contribution >= 4 is 16.7 Å². The molecule has 1 rings (SSSR count). The molecule has 0 saturated carbocycles. The molecule has 0 aromatic carbocycles. The minimum atomic E-state index is -0.906. The van der Waals surface area contributed by atoms with E-state index in [1.54, 1.807) is 4.90 Å². The van der Waals surface area contributed by atoms with Crippen LogP contribution in [0.2, 0.25) is 0 Å². The summed E-state index contributed by atoms with van der Waals surface area (Å²) in [4.78, 5) is 12.4. The van der Waals surface area contributed by atoms with Crippen LogP contribution in [0, 0.1) is 0 Å². The molecule has 1 amide bonds. The van der Waals surface area contributed by atoms with Gasteiger partial charge < -0.3 is 4.90 Å². The minimum absolute atomic E-state index is 0.0239. The molecule has 0 N–H and O–H groups in total. The van der Waals surface area contributed by atoms with E-state index >= 15 is 0 Å². The molecular formula is C5H9NO2S. The third-order valence-electron chi connectivity index (χ3n) is 1.32. The summed E-state index contributed by atoms with van der Waals surface area (Å²) >= 11 is 0. The molecule has 4 heteroatoms.